The number of epoxide rings is 1. The first-order valence-corrected chi connectivity index (χ1v) is 13.9. The summed E-state index contributed by atoms with van der Waals surface area (Å²) in [6.45, 7) is 6.40. The largest absolute Gasteiger partial charge is 0.456 e. The zero-order chi connectivity index (χ0) is 25.5. The van der Waals surface area contributed by atoms with Crippen molar-refractivity contribution in [1.29, 1.82) is 0 Å². The number of hydrogen-bond donors (Lipinski definition) is 2. The number of cyclic esters (lactones) is 1. The molecule has 4 rings (SSSR count). The normalized spacial score (nSPS) is 39.0. The molecule has 0 spiro atoms. The molecule has 0 aromatic heterocycles. The van der Waals surface area contributed by atoms with Crippen LogP contribution in [0.1, 0.15) is 77.6 Å². The molecule has 0 aromatic rings. The second-order valence-electron chi connectivity index (χ2n) is 11.3. The number of aliphatic hydroxyl groups is 2. The molecule has 0 aromatic carbocycles. The Morgan fingerprint density at radius 1 is 1.08 bits per heavy atom. The van der Waals surface area contributed by atoms with Crippen LogP contribution in [-0.4, -0.2) is 58.9 Å². The van der Waals surface area contributed by atoms with Crippen LogP contribution in [0.15, 0.2) is 48.6 Å². The van der Waals surface area contributed by atoms with Gasteiger partial charge in [-0.05, 0) is 56.8 Å². The number of aliphatic hydroxyl groups excluding tert-OH is 2. The predicted molar refractivity (Wildman–Crippen MR) is 139 cm³/mol. The molecule has 1 saturated heterocycles. The first kappa shape index (κ1) is 27.3. The van der Waals surface area contributed by atoms with Crippen LogP contribution < -0.4 is 0 Å². The number of hydrogen-bond acceptors (Lipinski definition) is 6. The third kappa shape index (κ3) is 8.41. The van der Waals surface area contributed by atoms with Crippen LogP contribution in [0.3, 0.4) is 0 Å². The van der Waals surface area contributed by atoms with Gasteiger partial charge in [-0.3, -0.25) is 0 Å². The maximum absolute atomic E-state index is 12.6. The van der Waals surface area contributed by atoms with Gasteiger partial charge in [0, 0.05) is 12.5 Å². The van der Waals surface area contributed by atoms with Crippen LogP contribution in [0.2, 0.25) is 0 Å². The Morgan fingerprint density at radius 2 is 1.89 bits per heavy atom. The van der Waals surface area contributed by atoms with E-state index in [4.69, 9.17) is 14.2 Å². The molecule has 1 aliphatic carbocycles. The van der Waals surface area contributed by atoms with Crippen molar-refractivity contribution in [2.75, 3.05) is 0 Å². The molecule has 1 saturated carbocycles. The van der Waals surface area contributed by atoms with Crippen LogP contribution in [0, 0.1) is 11.8 Å². The molecule has 2 fully saturated rings. The molecule has 200 valence electrons. The van der Waals surface area contributed by atoms with E-state index in [-0.39, 0.29) is 24.4 Å². The average Bonchev–Trinajstić information content (AvgIpc) is 3.62. The summed E-state index contributed by atoms with van der Waals surface area (Å²) in [5.41, 5.74) is 1.01. The van der Waals surface area contributed by atoms with E-state index >= 15 is 0 Å². The average molecular weight is 501 g/mol. The molecular weight excluding hydrogens is 456 g/mol. The number of ether oxygens (including phenoxy) is 3. The molecule has 6 nitrogen and oxygen atoms in total. The minimum Gasteiger partial charge on any atom is -0.456 e. The lowest BCUT2D eigenvalue weighted by molar-refractivity contribution is -0.148. The molecule has 1 unspecified atom stereocenters. The highest BCUT2D eigenvalue weighted by Gasteiger charge is 2.46. The van der Waals surface area contributed by atoms with Gasteiger partial charge in [-0.15, -0.1) is 0 Å². The number of carbonyl (C=O) groups is 1. The van der Waals surface area contributed by atoms with E-state index in [0.29, 0.717) is 31.1 Å². The first-order chi connectivity index (χ1) is 17.4. The zero-order valence-electron chi connectivity index (χ0n) is 21.7. The fraction of sp³-hybridized carbons (Fsp3) is 0.700. The third-order valence-electron chi connectivity index (χ3n) is 7.88. The second kappa shape index (κ2) is 13.2. The van der Waals surface area contributed by atoms with Gasteiger partial charge in [-0.25, -0.2) is 4.79 Å². The number of fused-ring (bicyclic) bond motifs is 3. The standard InChI is InChI=1S/C30H44O6/c1-20-16-21(2)18-26(32)30-28(36-30)19-27(25(31)15-14-22-8-4-3-5-9-22)35-29(33)13-7-11-23-10-6-12-24(17-20)34-23/h6-7,10,13-15,20,22-28,30-32H,2-5,8-9,11-12,16-19H2,1H3/b13-7+,15-14+/t20?,23-,24-,25-,26-,27-,28-,30-/m0/s1. The van der Waals surface area contributed by atoms with Crippen molar-refractivity contribution in [1.82, 2.24) is 0 Å². The van der Waals surface area contributed by atoms with Gasteiger partial charge in [-0.1, -0.05) is 68.7 Å². The van der Waals surface area contributed by atoms with Gasteiger partial charge in [-0.2, -0.15) is 0 Å². The topological polar surface area (TPSA) is 88.5 Å². The molecule has 3 heterocycles. The van der Waals surface area contributed by atoms with Crippen molar-refractivity contribution in [3.63, 3.8) is 0 Å². The predicted octanol–water partition coefficient (Wildman–Crippen LogP) is 4.95. The maximum atomic E-state index is 12.6. The van der Waals surface area contributed by atoms with E-state index in [2.05, 4.69) is 31.7 Å². The zero-order valence-corrected chi connectivity index (χ0v) is 21.7. The van der Waals surface area contributed by atoms with Crippen molar-refractivity contribution < 1.29 is 29.2 Å². The summed E-state index contributed by atoms with van der Waals surface area (Å²) in [5.74, 6) is 0.385. The Balaban J connectivity index is 1.44. The van der Waals surface area contributed by atoms with E-state index in [1.54, 1.807) is 12.2 Å². The summed E-state index contributed by atoms with van der Waals surface area (Å²) in [6.07, 6.45) is 18.5. The van der Waals surface area contributed by atoms with Crippen LogP contribution in [0.5, 0.6) is 0 Å². The van der Waals surface area contributed by atoms with Gasteiger partial charge >= 0.3 is 5.97 Å². The molecular formula is C30H44O6. The molecule has 8 atom stereocenters. The second-order valence-corrected chi connectivity index (χ2v) is 11.3. The molecule has 36 heavy (non-hydrogen) atoms. The molecule has 2 N–H and O–H groups in total. The Labute approximate surface area is 216 Å². The van der Waals surface area contributed by atoms with Crippen molar-refractivity contribution in [3.05, 3.63) is 48.6 Å². The van der Waals surface area contributed by atoms with Gasteiger partial charge in [0.25, 0.3) is 0 Å². The van der Waals surface area contributed by atoms with Gasteiger partial charge in [0.1, 0.15) is 18.3 Å². The van der Waals surface area contributed by atoms with E-state index in [9.17, 15) is 15.0 Å². The molecule has 3 aliphatic heterocycles. The monoisotopic (exact) mass is 500 g/mol. The van der Waals surface area contributed by atoms with Crippen LogP contribution in [0.4, 0.5) is 0 Å². The smallest absolute Gasteiger partial charge is 0.330 e. The summed E-state index contributed by atoms with van der Waals surface area (Å²) in [4.78, 5) is 12.6. The molecule has 4 aliphatic rings. The number of esters is 1. The van der Waals surface area contributed by atoms with Crippen LogP contribution in [0.25, 0.3) is 0 Å². The number of rotatable bonds is 3. The first-order valence-electron chi connectivity index (χ1n) is 13.9. The Bertz CT molecular complexity index is 825. The van der Waals surface area contributed by atoms with Crippen LogP contribution in [-0.2, 0) is 19.0 Å². The summed E-state index contributed by atoms with van der Waals surface area (Å²) >= 11 is 0. The summed E-state index contributed by atoms with van der Waals surface area (Å²) in [6, 6.07) is 0. The number of carbonyl (C=O) groups excluding carboxylic acids is 1. The van der Waals surface area contributed by atoms with Crippen molar-refractivity contribution in [3.8, 4) is 0 Å². The lowest BCUT2D eigenvalue weighted by Crippen LogP contribution is -2.32. The molecule has 6 heteroatoms. The highest BCUT2D eigenvalue weighted by Crippen LogP contribution is 2.35. The minimum atomic E-state index is -0.918. The van der Waals surface area contributed by atoms with Gasteiger partial charge < -0.3 is 24.4 Å². The Kier molecular flexibility index (Phi) is 10.00. The van der Waals surface area contributed by atoms with Crippen molar-refractivity contribution >= 4 is 5.97 Å². The molecule has 0 amide bonds. The fourth-order valence-electron chi connectivity index (χ4n) is 5.92. The summed E-state index contributed by atoms with van der Waals surface area (Å²) in [5, 5.41) is 21.7. The van der Waals surface area contributed by atoms with E-state index < -0.39 is 24.3 Å². The van der Waals surface area contributed by atoms with Crippen molar-refractivity contribution in [2.45, 2.75) is 120 Å². The highest BCUT2D eigenvalue weighted by molar-refractivity contribution is 5.82. The Morgan fingerprint density at radius 3 is 2.69 bits per heavy atom. The van der Waals surface area contributed by atoms with Crippen molar-refractivity contribution in [2.24, 2.45) is 11.8 Å². The molecule has 2 bridgehead atoms. The SMILES string of the molecule is C=C1CC(C)C[C@@H]2CC=C[C@@H](C/C=C/C(=O)O[C@H]([C@@H](O)/C=C/C3CCCCC3)C[C@@H]3O[C@H]3[C@@H](O)C1)O2. The maximum Gasteiger partial charge on any atom is 0.330 e. The van der Waals surface area contributed by atoms with Gasteiger partial charge in [0.2, 0.25) is 0 Å². The Hall–Kier alpha value is -1.73. The van der Waals surface area contributed by atoms with E-state index in [1.807, 2.05) is 0 Å². The lowest BCUT2D eigenvalue weighted by Gasteiger charge is -2.28. The molecule has 0 radical (unpaired) electrons. The van der Waals surface area contributed by atoms with E-state index in [0.717, 1.165) is 37.7 Å². The summed E-state index contributed by atoms with van der Waals surface area (Å²) in [7, 11) is 0. The van der Waals surface area contributed by atoms with Gasteiger partial charge in [0.15, 0.2) is 0 Å². The fourth-order valence-corrected chi connectivity index (χ4v) is 5.92. The van der Waals surface area contributed by atoms with Gasteiger partial charge in [0.05, 0.1) is 24.4 Å². The quantitative estimate of drug-likeness (QED) is 0.324. The summed E-state index contributed by atoms with van der Waals surface area (Å²) < 4.78 is 17.7. The third-order valence-corrected chi connectivity index (χ3v) is 7.88. The number of allylic oxidation sites excluding steroid dienone is 1. The lowest BCUT2D eigenvalue weighted by atomic mass is 9.88. The van der Waals surface area contributed by atoms with E-state index in [1.165, 1.54) is 25.3 Å². The highest BCUT2D eigenvalue weighted by atomic mass is 16.6. The van der Waals surface area contributed by atoms with Crippen LogP contribution >= 0.6 is 0 Å². The minimum absolute atomic E-state index is 0.0654.